The predicted octanol–water partition coefficient (Wildman–Crippen LogP) is 1.57. The molecule has 9 heteroatoms. The molecule has 1 atom stereocenters. The van der Waals surface area contributed by atoms with Crippen molar-refractivity contribution >= 4 is 21.6 Å². The van der Waals surface area contributed by atoms with E-state index in [0.717, 1.165) is 0 Å². The summed E-state index contributed by atoms with van der Waals surface area (Å²) >= 11 is 0. The molecule has 1 aliphatic heterocycles. The minimum Gasteiger partial charge on any atom is -0.494 e. The zero-order valence-electron chi connectivity index (χ0n) is 17.3. The summed E-state index contributed by atoms with van der Waals surface area (Å²) in [5, 5.41) is 11.4. The van der Waals surface area contributed by atoms with Gasteiger partial charge in [-0.05, 0) is 42.8 Å². The molecule has 0 radical (unpaired) electrons. The molecule has 0 bridgehead atoms. The van der Waals surface area contributed by atoms with Crippen LogP contribution < -0.4 is 10.1 Å². The number of benzene rings is 2. The van der Waals surface area contributed by atoms with Crippen molar-refractivity contribution in [3.63, 3.8) is 0 Å². The second-order valence-electron chi connectivity index (χ2n) is 7.15. The largest absolute Gasteiger partial charge is 0.494 e. The lowest BCUT2D eigenvalue weighted by molar-refractivity contribution is -0.126. The molecule has 0 saturated heterocycles. The lowest BCUT2D eigenvalue weighted by Gasteiger charge is -2.21. The number of amides is 1. The number of hydrogen-bond donors (Lipinski definition) is 2. The molecule has 3 rings (SSSR count). The number of aliphatic hydroxyl groups excluding tert-OH is 1. The van der Waals surface area contributed by atoms with E-state index in [1.165, 1.54) is 19.2 Å². The molecule has 166 valence electrons. The van der Waals surface area contributed by atoms with Gasteiger partial charge in [-0.15, -0.1) is 0 Å². The highest BCUT2D eigenvalue weighted by atomic mass is 32.2. The second kappa shape index (κ2) is 9.93. The van der Waals surface area contributed by atoms with Gasteiger partial charge in [0.1, 0.15) is 12.4 Å². The Morgan fingerprint density at radius 2 is 1.90 bits per heavy atom. The van der Waals surface area contributed by atoms with Gasteiger partial charge >= 0.3 is 0 Å². The Morgan fingerprint density at radius 3 is 2.55 bits per heavy atom. The standard InChI is InChI=1S/C22H26N2O6S/c1-23-21(26)22(12-15-31(27,28)19-6-3-2-4-7-19)16-30-20(24-22)17-8-10-18(11-9-17)29-14-5-13-25/h2-4,6-11,25H,5,12-16H2,1H3,(H,23,26)/t22-/m1/s1. The Morgan fingerprint density at radius 1 is 1.19 bits per heavy atom. The van der Waals surface area contributed by atoms with E-state index >= 15 is 0 Å². The van der Waals surface area contributed by atoms with Gasteiger partial charge in [-0.2, -0.15) is 0 Å². The van der Waals surface area contributed by atoms with Crippen molar-refractivity contribution in [2.24, 2.45) is 4.99 Å². The van der Waals surface area contributed by atoms with Gasteiger partial charge in [-0.25, -0.2) is 13.4 Å². The average molecular weight is 447 g/mol. The first-order chi connectivity index (χ1) is 14.9. The van der Waals surface area contributed by atoms with Gasteiger partial charge in [0.15, 0.2) is 15.4 Å². The van der Waals surface area contributed by atoms with Gasteiger partial charge in [0.2, 0.25) is 5.90 Å². The highest BCUT2D eigenvalue weighted by molar-refractivity contribution is 7.91. The number of nitrogens with zero attached hydrogens (tertiary/aromatic N) is 1. The number of carbonyl (C=O) groups excluding carboxylic acids is 1. The van der Waals surface area contributed by atoms with E-state index in [9.17, 15) is 13.2 Å². The van der Waals surface area contributed by atoms with Crippen molar-refractivity contribution < 1.29 is 27.8 Å². The molecular formula is C22H26N2O6S. The van der Waals surface area contributed by atoms with Crippen LogP contribution in [-0.2, 0) is 19.4 Å². The SMILES string of the molecule is CNC(=O)[C@@]1(CCS(=O)(=O)c2ccccc2)COC(c2ccc(OCCCO)cc2)=N1. The Balaban J connectivity index is 1.77. The molecule has 0 saturated carbocycles. The molecule has 0 fully saturated rings. The normalized spacial score (nSPS) is 18.2. The third-order valence-electron chi connectivity index (χ3n) is 4.97. The summed E-state index contributed by atoms with van der Waals surface area (Å²) in [7, 11) is -2.08. The van der Waals surface area contributed by atoms with E-state index in [4.69, 9.17) is 14.6 Å². The first-order valence-electron chi connectivity index (χ1n) is 9.97. The Hall–Kier alpha value is -2.91. The van der Waals surface area contributed by atoms with Crippen molar-refractivity contribution in [1.82, 2.24) is 5.32 Å². The summed E-state index contributed by atoms with van der Waals surface area (Å²) in [5.41, 5.74) is -0.659. The lowest BCUT2D eigenvalue weighted by atomic mass is 9.97. The molecule has 8 nitrogen and oxygen atoms in total. The smallest absolute Gasteiger partial charge is 0.251 e. The van der Waals surface area contributed by atoms with Crippen molar-refractivity contribution in [3.05, 3.63) is 60.2 Å². The monoisotopic (exact) mass is 446 g/mol. The number of nitrogens with one attached hydrogen (secondary N) is 1. The van der Waals surface area contributed by atoms with Gasteiger partial charge in [0.05, 0.1) is 17.3 Å². The van der Waals surface area contributed by atoms with Crippen molar-refractivity contribution in [3.8, 4) is 5.75 Å². The fraction of sp³-hybridized carbons (Fsp3) is 0.364. The molecule has 1 aliphatic rings. The van der Waals surface area contributed by atoms with Crippen LogP contribution in [0, 0.1) is 0 Å². The van der Waals surface area contributed by atoms with Gasteiger partial charge < -0.3 is 19.9 Å². The molecule has 1 amide bonds. The van der Waals surface area contributed by atoms with Crippen LogP contribution in [0.4, 0.5) is 0 Å². The summed E-state index contributed by atoms with van der Waals surface area (Å²) in [6.07, 6.45) is 0.536. The number of aliphatic imine (C=N–C) groups is 1. The second-order valence-corrected chi connectivity index (χ2v) is 9.26. The highest BCUT2D eigenvalue weighted by Gasteiger charge is 2.44. The van der Waals surface area contributed by atoms with Gasteiger partial charge in [0.25, 0.3) is 5.91 Å². The number of sulfone groups is 1. The maximum absolute atomic E-state index is 12.7. The van der Waals surface area contributed by atoms with Crippen LogP contribution in [0.15, 0.2) is 64.5 Å². The van der Waals surface area contributed by atoms with Crippen LogP contribution in [0.5, 0.6) is 5.75 Å². The fourth-order valence-electron chi connectivity index (χ4n) is 3.18. The molecule has 2 aromatic carbocycles. The maximum Gasteiger partial charge on any atom is 0.251 e. The van der Waals surface area contributed by atoms with Crippen LogP contribution in [0.2, 0.25) is 0 Å². The number of likely N-dealkylation sites (N-methyl/N-ethyl adjacent to an activating group) is 1. The maximum atomic E-state index is 12.7. The van der Waals surface area contributed by atoms with E-state index in [0.29, 0.717) is 24.3 Å². The summed E-state index contributed by atoms with van der Waals surface area (Å²) < 4.78 is 36.6. The van der Waals surface area contributed by atoms with Crippen LogP contribution in [0.1, 0.15) is 18.4 Å². The topological polar surface area (TPSA) is 114 Å². The van der Waals surface area contributed by atoms with E-state index in [-0.39, 0.29) is 36.2 Å². The van der Waals surface area contributed by atoms with Gasteiger partial charge in [0, 0.05) is 25.6 Å². The number of hydrogen-bond acceptors (Lipinski definition) is 7. The Kier molecular flexibility index (Phi) is 7.29. The van der Waals surface area contributed by atoms with E-state index < -0.39 is 21.3 Å². The predicted molar refractivity (Wildman–Crippen MR) is 116 cm³/mol. The van der Waals surface area contributed by atoms with E-state index in [1.54, 1.807) is 42.5 Å². The highest BCUT2D eigenvalue weighted by Crippen LogP contribution is 2.28. The zero-order valence-corrected chi connectivity index (χ0v) is 18.1. The lowest BCUT2D eigenvalue weighted by Crippen LogP contribution is -2.46. The minimum atomic E-state index is -3.57. The molecule has 1 heterocycles. The molecule has 31 heavy (non-hydrogen) atoms. The molecule has 0 aliphatic carbocycles. The molecular weight excluding hydrogens is 420 g/mol. The summed E-state index contributed by atoms with van der Waals surface area (Å²) in [6, 6.07) is 15.1. The molecule has 0 aromatic heterocycles. The number of aliphatic hydroxyl groups is 1. The number of rotatable bonds is 10. The van der Waals surface area contributed by atoms with Gasteiger partial charge in [-0.3, -0.25) is 4.79 Å². The van der Waals surface area contributed by atoms with Crippen LogP contribution in [-0.4, -0.2) is 63.5 Å². The summed E-state index contributed by atoms with van der Waals surface area (Å²) in [5.74, 6) is 0.294. The van der Waals surface area contributed by atoms with Crippen molar-refractivity contribution in [2.75, 3.05) is 32.6 Å². The minimum absolute atomic E-state index is 0.00421. The molecule has 0 spiro atoms. The third kappa shape index (κ3) is 5.42. The fourth-order valence-corrected chi connectivity index (χ4v) is 4.60. The zero-order chi connectivity index (χ0) is 22.3. The number of ether oxygens (including phenoxy) is 2. The van der Waals surface area contributed by atoms with Crippen LogP contribution >= 0.6 is 0 Å². The summed E-state index contributed by atoms with van der Waals surface area (Å²) in [4.78, 5) is 17.4. The first kappa shape index (κ1) is 22.8. The average Bonchev–Trinajstić information content (AvgIpc) is 3.24. The molecule has 2 N–H and O–H groups in total. The van der Waals surface area contributed by atoms with E-state index in [2.05, 4.69) is 10.3 Å². The molecule has 0 unspecified atom stereocenters. The number of carbonyl (C=O) groups is 1. The van der Waals surface area contributed by atoms with Crippen LogP contribution in [0.25, 0.3) is 0 Å². The molecule has 2 aromatic rings. The Bertz CT molecular complexity index is 1020. The van der Waals surface area contributed by atoms with Crippen molar-refractivity contribution in [1.29, 1.82) is 0 Å². The van der Waals surface area contributed by atoms with E-state index in [1.807, 2.05) is 0 Å². The van der Waals surface area contributed by atoms with Crippen LogP contribution in [0.3, 0.4) is 0 Å². The summed E-state index contributed by atoms with van der Waals surface area (Å²) in [6.45, 7) is 0.425. The first-order valence-corrected chi connectivity index (χ1v) is 11.6. The van der Waals surface area contributed by atoms with Gasteiger partial charge in [-0.1, -0.05) is 18.2 Å². The third-order valence-corrected chi connectivity index (χ3v) is 6.70. The van der Waals surface area contributed by atoms with Crippen molar-refractivity contribution in [2.45, 2.75) is 23.3 Å². The Labute approximate surface area is 181 Å². The quantitative estimate of drug-likeness (QED) is 0.536.